The van der Waals surface area contributed by atoms with Gasteiger partial charge in [0.1, 0.15) is 5.60 Å². The van der Waals surface area contributed by atoms with E-state index in [1.807, 2.05) is 34.6 Å². The Hall–Kier alpha value is -0.810. The van der Waals surface area contributed by atoms with Crippen molar-refractivity contribution in [2.45, 2.75) is 72.1 Å². The lowest BCUT2D eigenvalue weighted by Crippen LogP contribution is -2.48. The van der Waals surface area contributed by atoms with Gasteiger partial charge in [0.05, 0.1) is 5.60 Å². The lowest BCUT2D eigenvalue weighted by molar-refractivity contribution is 0.0231. The van der Waals surface area contributed by atoms with Gasteiger partial charge in [0.15, 0.2) is 0 Å². The van der Waals surface area contributed by atoms with E-state index in [4.69, 9.17) is 4.74 Å². The van der Waals surface area contributed by atoms with E-state index in [0.717, 1.165) is 6.42 Å². The quantitative estimate of drug-likeness (QED) is 0.755. The Kier molecular flexibility index (Phi) is 7.52. The number of amides is 1. The smallest absolute Gasteiger partial charge is 0.410 e. The molecule has 5 heteroatoms. The summed E-state index contributed by atoms with van der Waals surface area (Å²) in [4.78, 5) is 13.8. The molecule has 0 spiro atoms. The second-order valence-corrected chi connectivity index (χ2v) is 6.80. The predicted octanol–water partition coefficient (Wildman–Crippen LogP) is 2.38. The van der Waals surface area contributed by atoms with E-state index in [9.17, 15) is 9.90 Å². The highest BCUT2D eigenvalue weighted by atomic mass is 16.6. The number of nitrogens with one attached hydrogen (secondary N) is 1. The van der Waals surface area contributed by atoms with Crippen molar-refractivity contribution in [3.05, 3.63) is 0 Å². The first-order valence-electron chi connectivity index (χ1n) is 7.41. The number of ether oxygens (including phenoxy) is 1. The Balaban J connectivity index is 4.32. The fourth-order valence-corrected chi connectivity index (χ4v) is 1.56. The molecule has 0 aliphatic rings. The Labute approximate surface area is 123 Å². The fourth-order valence-electron chi connectivity index (χ4n) is 1.56. The molecule has 0 aromatic heterocycles. The molecule has 0 saturated heterocycles. The van der Waals surface area contributed by atoms with Crippen LogP contribution >= 0.6 is 0 Å². The molecule has 0 aromatic rings. The molecular formula is C15H32N2O3. The molecule has 1 atom stereocenters. The minimum absolute atomic E-state index is 0.0374. The SMILES string of the molecule is CCCN(CCNC(C)C(C)(C)O)C(=O)OC(C)(C)C. The normalized spacial score (nSPS) is 14.0. The standard InChI is InChI=1S/C15H32N2O3/c1-8-10-17(13(18)20-14(3,4)5)11-9-16-12(2)15(6,7)19/h12,16,19H,8-11H2,1-7H3. The minimum atomic E-state index is -0.776. The third-order valence-corrected chi connectivity index (χ3v) is 3.04. The van der Waals surface area contributed by atoms with Gasteiger partial charge < -0.3 is 20.1 Å². The second kappa shape index (κ2) is 7.84. The van der Waals surface area contributed by atoms with Crippen LogP contribution in [0.4, 0.5) is 4.79 Å². The molecule has 120 valence electrons. The van der Waals surface area contributed by atoms with E-state index < -0.39 is 11.2 Å². The first kappa shape index (κ1) is 19.2. The summed E-state index contributed by atoms with van der Waals surface area (Å²) in [5.41, 5.74) is -1.25. The molecule has 0 aliphatic heterocycles. The first-order chi connectivity index (χ1) is 8.97. The van der Waals surface area contributed by atoms with Gasteiger partial charge in [0.25, 0.3) is 0 Å². The van der Waals surface area contributed by atoms with Crippen LogP contribution in [0.3, 0.4) is 0 Å². The highest BCUT2D eigenvalue weighted by molar-refractivity contribution is 5.68. The third kappa shape index (κ3) is 8.38. The van der Waals surface area contributed by atoms with Gasteiger partial charge in [-0.3, -0.25) is 0 Å². The lowest BCUT2D eigenvalue weighted by atomic mass is 10.0. The van der Waals surface area contributed by atoms with Crippen LogP contribution in [0.2, 0.25) is 0 Å². The van der Waals surface area contributed by atoms with Gasteiger partial charge >= 0.3 is 6.09 Å². The number of carbonyl (C=O) groups excluding carboxylic acids is 1. The van der Waals surface area contributed by atoms with Crippen LogP contribution < -0.4 is 5.32 Å². The number of hydrogen-bond acceptors (Lipinski definition) is 4. The monoisotopic (exact) mass is 288 g/mol. The maximum atomic E-state index is 12.0. The third-order valence-electron chi connectivity index (χ3n) is 3.04. The van der Waals surface area contributed by atoms with Crippen LogP contribution in [0.5, 0.6) is 0 Å². The Bertz CT molecular complexity index is 292. The van der Waals surface area contributed by atoms with E-state index in [2.05, 4.69) is 5.32 Å². The van der Waals surface area contributed by atoms with Crippen LogP contribution in [0, 0.1) is 0 Å². The predicted molar refractivity (Wildman–Crippen MR) is 81.9 cm³/mol. The maximum Gasteiger partial charge on any atom is 0.410 e. The zero-order valence-corrected chi connectivity index (χ0v) is 14.1. The van der Waals surface area contributed by atoms with Crippen LogP contribution in [-0.4, -0.2) is 53.0 Å². The van der Waals surface area contributed by atoms with Gasteiger partial charge in [-0.2, -0.15) is 0 Å². The Morgan fingerprint density at radius 1 is 1.25 bits per heavy atom. The van der Waals surface area contributed by atoms with Gasteiger partial charge in [-0.15, -0.1) is 0 Å². The minimum Gasteiger partial charge on any atom is -0.444 e. The second-order valence-electron chi connectivity index (χ2n) is 6.80. The zero-order valence-electron chi connectivity index (χ0n) is 14.1. The summed E-state index contributed by atoms with van der Waals surface area (Å²) in [5.74, 6) is 0. The van der Waals surface area contributed by atoms with Gasteiger partial charge in [-0.25, -0.2) is 4.79 Å². The van der Waals surface area contributed by atoms with Crippen molar-refractivity contribution in [3.8, 4) is 0 Å². The molecule has 2 N–H and O–H groups in total. The van der Waals surface area contributed by atoms with E-state index >= 15 is 0 Å². The van der Waals surface area contributed by atoms with Crippen molar-refractivity contribution in [2.24, 2.45) is 0 Å². The fraction of sp³-hybridized carbons (Fsp3) is 0.933. The maximum absolute atomic E-state index is 12.0. The summed E-state index contributed by atoms with van der Waals surface area (Å²) in [6, 6.07) is -0.0374. The van der Waals surface area contributed by atoms with Crippen LogP contribution in [-0.2, 0) is 4.74 Å². The number of hydrogen-bond donors (Lipinski definition) is 2. The van der Waals surface area contributed by atoms with Crippen molar-refractivity contribution in [2.75, 3.05) is 19.6 Å². The molecule has 5 nitrogen and oxygen atoms in total. The molecule has 1 amide bonds. The van der Waals surface area contributed by atoms with Crippen LogP contribution in [0.1, 0.15) is 54.9 Å². The molecular weight excluding hydrogens is 256 g/mol. The summed E-state index contributed by atoms with van der Waals surface area (Å²) in [5, 5.41) is 13.1. The molecule has 0 fully saturated rings. The van der Waals surface area contributed by atoms with E-state index in [-0.39, 0.29) is 12.1 Å². The number of nitrogens with zero attached hydrogens (tertiary/aromatic N) is 1. The summed E-state index contributed by atoms with van der Waals surface area (Å²) in [7, 11) is 0. The molecule has 0 saturated carbocycles. The van der Waals surface area contributed by atoms with Crippen molar-refractivity contribution >= 4 is 6.09 Å². The summed E-state index contributed by atoms with van der Waals surface area (Å²) < 4.78 is 5.39. The number of carbonyl (C=O) groups is 1. The van der Waals surface area contributed by atoms with Crippen molar-refractivity contribution < 1.29 is 14.6 Å². The molecule has 20 heavy (non-hydrogen) atoms. The van der Waals surface area contributed by atoms with Gasteiger partial charge in [-0.1, -0.05) is 6.92 Å². The van der Waals surface area contributed by atoms with Crippen molar-refractivity contribution in [1.29, 1.82) is 0 Å². The molecule has 0 aliphatic carbocycles. The van der Waals surface area contributed by atoms with Crippen molar-refractivity contribution in [3.63, 3.8) is 0 Å². The van der Waals surface area contributed by atoms with Crippen molar-refractivity contribution in [1.82, 2.24) is 10.2 Å². The molecule has 0 aromatic carbocycles. The molecule has 0 bridgehead atoms. The topological polar surface area (TPSA) is 61.8 Å². The number of rotatable bonds is 7. The first-order valence-corrected chi connectivity index (χ1v) is 7.41. The van der Waals surface area contributed by atoms with E-state index in [1.165, 1.54) is 0 Å². The highest BCUT2D eigenvalue weighted by Gasteiger charge is 2.23. The average molecular weight is 288 g/mol. The largest absolute Gasteiger partial charge is 0.444 e. The lowest BCUT2D eigenvalue weighted by Gasteiger charge is -2.30. The highest BCUT2D eigenvalue weighted by Crippen LogP contribution is 2.10. The van der Waals surface area contributed by atoms with E-state index in [1.54, 1.807) is 18.7 Å². The van der Waals surface area contributed by atoms with Gasteiger partial charge in [0.2, 0.25) is 0 Å². The summed E-state index contributed by atoms with van der Waals surface area (Å²) in [6.07, 6.45) is 0.609. The Morgan fingerprint density at radius 3 is 2.20 bits per heavy atom. The van der Waals surface area contributed by atoms with E-state index in [0.29, 0.717) is 19.6 Å². The average Bonchev–Trinajstić information content (AvgIpc) is 2.23. The molecule has 0 radical (unpaired) electrons. The molecule has 0 rings (SSSR count). The molecule has 1 unspecified atom stereocenters. The Morgan fingerprint density at radius 2 is 1.80 bits per heavy atom. The summed E-state index contributed by atoms with van der Waals surface area (Å²) in [6.45, 7) is 15.0. The van der Waals surface area contributed by atoms with Crippen LogP contribution in [0.15, 0.2) is 0 Å². The van der Waals surface area contributed by atoms with Gasteiger partial charge in [0, 0.05) is 25.7 Å². The number of aliphatic hydroxyl groups is 1. The van der Waals surface area contributed by atoms with Crippen LogP contribution in [0.25, 0.3) is 0 Å². The van der Waals surface area contributed by atoms with Gasteiger partial charge in [-0.05, 0) is 48.0 Å². The summed E-state index contributed by atoms with van der Waals surface area (Å²) >= 11 is 0. The zero-order chi connectivity index (χ0) is 16.0. The molecule has 0 heterocycles.